The Morgan fingerprint density at radius 3 is 2.30 bits per heavy atom. The number of carbonyl (C=O) groups is 2. The van der Waals surface area contributed by atoms with Crippen molar-refractivity contribution in [2.24, 2.45) is 56.7 Å². The van der Waals surface area contributed by atoms with E-state index in [0.717, 1.165) is 44.9 Å². The average Bonchev–Trinajstić information content (AvgIpc) is 2.83. The first kappa shape index (κ1) is 27.3. The molecule has 0 heterocycles. The summed E-state index contributed by atoms with van der Waals surface area (Å²) < 4.78 is 6.02. The Hall–Kier alpha value is -1.32. The highest BCUT2D eigenvalue weighted by Crippen LogP contribution is 2.75. The van der Waals surface area contributed by atoms with Gasteiger partial charge < -0.3 is 9.84 Å². The Bertz CT molecular complexity index is 996. The summed E-state index contributed by atoms with van der Waals surface area (Å²) >= 11 is 0. The second kappa shape index (κ2) is 8.59. The summed E-state index contributed by atoms with van der Waals surface area (Å²) in [5, 5.41) is 10.6. The molecule has 0 saturated heterocycles. The van der Waals surface area contributed by atoms with Crippen LogP contribution in [-0.4, -0.2) is 23.1 Å². The molecule has 5 aliphatic carbocycles. The molecule has 0 spiro atoms. The number of hydrogen-bond donors (Lipinski definition) is 1. The molecule has 4 saturated carbocycles. The predicted octanol–water partition coefficient (Wildman–Crippen LogP) is 8.05. The van der Waals surface area contributed by atoms with Crippen molar-refractivity contribution in [3.8, 4) is 0 Å². The van der Waals surface area contributed by atoms with E-state index in [4.69, 9.17) is 4.74 Å². The minimum Gasteiger partial charge on any atom is -0.481 e. The largest absolute Gasteiger partial charge is 0.481 e. The fraction of sp³-hybridized carbons (Fsp3) is 0.879. The summed E-state index contributed by atoms with van der Waals surface area (Å²) in [5.74, 6) is 1.62. The van der Waals surface area contributed by atoms with Crippen molar-refractivity contribution in [3.63, 3.8) is 0 Å². The third kappa shape index (κ3) is 3.45. The maximum atomic E-state index is 12.9. The molecule has 1 N–H and O–H groups in total. The number of hydrogen-bond acceptors (Lipinski definition) is 3. The van der Waals surface area contributed by atoms with Gasteiger partial charge in [0.25, 0.3) is 0 Å². The van der Waals surface area contributed by atoms with Gasteiger partial charge in [-0.2, -0.15) is 0 Å². The smallest absolute Gasteiger partial charge is 0.310 e. The molecule has 10 atom stereocenters. The number of carbonyl (C=O) groups excluding carboxylic acids is 1. The number of allylic oxidation sites excluding steroid dienone is 2. The summed E-state index contributed by atoms with van der Waals surface area (Å²) in [4.78, 5) is 25.1. The molecule has 5 rings (SSSR count). The number of rotatable bonds is 3. The summed E-state index contributed by atoms with van der Waals surface area (Å²) in [6, 6.07) is 0. The molecule has 0 bridgehead atoms. The zero-order valence-corrected chi connectivity index (χ0v) is 24.8. The highest BCUT2D eigenvalue weighted by atomic mass is 16.5. The van der Waals surface area contributed by atoms with Gasteiger partial charge in [0.05, 0.1) is 5.41 Å². The van der Waals surface area contributed by atoms with Crippen LogP contribution in [0.4, 0.5) is 0 Å². The molecule has 5 aliphatic rings. The molecule has 0 radical (unpaired) electrons. The third-order valence-corrected chi connectivity index (χ3v) is 13.9. The lowest BCUT2D eigenvalue weighted by Crippen LogP contribution is -2.65. The normalized spacial score (nSPS) is 50.4. The molecule has 4 nitrogen and oxygen atoms in total. The van der Waals surface area contributed by atoms with Crippen molar-refractivity contribution in [3.05, 3.63) is 11.6 Å². The summed E-state index contributed by atoms with van der Waals surface area (Å²) in [6.45, 7) is 18.9. The van der Waals surface area contributed by atoms with Crippen LogP contribution < -0.4 is 0 Å². The number of carboxylic acids is 1. The van der Waals surface area contributed by atoms with E-state index in [1.807, 2.05) is 6.92 Å². The minimum absolute atomic E-state index is 0.00287. The standard InChI is InChI=1S/C33H52O4/c1-9-26(34)37-25-14-15-30(6)23(29(25,4)5)13-16-32(8)24(30)11-10-22-27-21(3)20(2)12-17-33(27,28(35)36)19-18-31(22,32)7/h10,20-21,23-25,27H,9,11-19H2,1-8H3,(H,35,36)/t20-,21+,23?,24-,25+,27+,30+,31-,32-,33+/m1/s1. The van der Waals surface area contributed by atoms with Crippen LogP contribution in [0.5, 0.6) is 0 Å². The van der Waals surface area contributed by atoms with Crippen molar-refractivity contribution in [2.75, 3.05) is 0 Å². The molecule has 0 aromatic rings. The fourth-order valence-corrected chi connectivity index (χ4v) is 11.3. The average molecular weight is 513 g/mol. The molecule has 4 fully saturated rings. The predicted molar refractivity (Wildman–Crippen MR) is 147 cm³/mol. The quantitative estimate of drug-likeness (QED) is 0.307. The van der Waals surface area contributed by atoms with Gasteiger partial charge in [-0.15, -0.1) is 0 Å². The van der Waals surface area contributed by atoms with Gasteiger partial charge in [0.2, 0.25) is 0 Å². The van der Waals surface area contributed by atoms with E-state index in [9.17, 15) is 14.7 Å². The number of esters is 1. The van der Waals surface area contributed by atoms with Crippen LogP contribution in [-0.2, 0) is 14.3 Å². The maximum Gasteiger partial charge on any atom is 0.310 e. The van der Waals surface area contributed by atoms with Gasteiger partial charge in [0, 0.05) is 11.8 Å². The lowest BCUT2D eigenvalue weighted by atomic mass is 9.33. The van der Waals surface area contributed by atoms with E-state index in [1.165, 1.54) is 18.4 Å². The van der Waals surface area contributed by atoms with E-state index < -0.39 is 11.4 Å². The summed E-state index contributed by atoms with van der Waals surface area (Å²) in [5.41, 5.74) is 1.30. The summed E-state index contributed by atoms with van der Waals surface area (Å²) in [7, 11) is 0. The van der Waals surface area contributed by atoms with Crippen molar-refractivity contribution in [2.45, 2.75) is 126 Å². The first-order valence-corrected chi connectivity index (χ1v) is 15.3. The molecule has 1 unspecified atom stereocenters. The van der Waals surface area contributed by atoms with Gasteiger partial charge in [-0.25, -0.2) is 0 Å². The highest BCUT2D eigenvalue weighted by molar-refractivity contribution is 5.76. The Morgan fingerprint density at radius 2 is 1.65 bits per heavy atom. The van der Waals surface area contributed by atoms with E-state index in [2.05, 4.69) is 54.5 Å². The first-order valence-electron chi connectivity index (χ1n) is 15.3. The van der Waals surface area contributed by atoms with Gasteiger partial charge in [0.1, 0.15) is 6.10 Å². The molecule has 0 amide bonds. The number of carboxylic acid groups (broad SMARTS) is 1. The van der Waals surface area contributed by atoms with Crippen molar-refractivity contribution >= 4 is 11.9 Å². The van der Waals surface area contributed by atoms with Crippen molar-refractivity contribution in [1.82, 2.24) is 0 Å². The number of ether oxygens (including phenoxy) is 1. The van der Waals surface area contributed by atoms with Gasteiger partial charge in [0.15, 0.2) is 0 Å². The summed E-state index contributed by atoms with van der Waals surface area (Å²) in [6.07, 6.45) is 12.2. The lowest BCUT2D eigenvalue weighted by molar-refractivity contribution is -0.214. The molecule has 4 heteroatoms. The van der Waals surface area contributed by atoms with Gasteiger partial charge >= 0.3 is 11.9 Å². The molecule has 0 aliphatic heterocycles. The van der Waals surface area contributed by atoms with Gasteiger partial charge in [-0.05, 0) is 104 Å². The zero-order valence-electron chi connectivity index (χ0n) is 24.8. The van der Waals surface area contributed by atoms with E-state index in [1.54, 1.807) is 0 Å². The maximum absolute atomic E-state index is 12.9. The van der Waals surface area contributed by atoms with E-state index in [-0.39, 0.29) is 39.7 Å². The third-order valence-electron chi connectivity index (χ3n) is 13.9. The van der Waals surface area contributed by atoms with Crippen molar-refractivity contribution in [1.29, 1.82) is 0 Å². The van der Waals surface area contributed by atoms with Crippen LogP contribution in [0.25, 0.3) is 0 Å². The highest BCUT2D eigenvalue weighted by Gasteiger charge is 2.69. The molecule has 208 valence electrons. The molecule has 37 heavy (non-hydrogen) atoms. The molecular formula is C33H52O4. The van der Waals surface area contributed by atoms with Crippen molar-refractivity contribution < 1.29 is 19.4 Å². The molecular weight excluding hydrogens is 460 g/mol. The fourth-order valence-electron chi connectivity index (χ4n) is 11.3. The molecule has 0 aromatic heterocycles. The van der Waals surface area contributed by atoms with Crippen LogP contribution in [0.3, 0.4) is 0 Å². The van der Waals surface area contributed by atoms with E-state index in [0.29, 0.717) is 30.1 Å². The second-order valence-electron chi connectivity index (χ2n) is 15.3. The van der Waals surface area contributed by atoms with Crippen LogP contribution in [0.2, 0.25) is 0 Å². The molecule has 0 aromatic carbocycles. The van der Waals surface area contributed by atoms with Crippen LogP contribution in [0.1, 0.15) is 120 Å². The minimum atomic E-state index is -0.579. The Labute approximate surface area is 225 Å². The van der Waals surface area contributed by atoms with Crippen LogP contribution in [0, 0.1) is 56.7 Å². The first-order chi connectivity index (χ1) is 17.2. The lowest BCUT2D eigenvalue weighted by Gasteiger charge is -2.71. The number of fused-ring (bicyclic) bond motifs is 7. The monoisotopic (exact) mass is 512 g/mol. The van der Waals surface area contributed by atoms with Gasteiger partial charge in [-0.1, -0.05) is 67.0 Å². The Kier molecular flexibility index (Phi) is 6.33. The zero-order chi connectivity index (χ0) is 27.2. The Balaban J connectivity index is 1.54. The van der Waals surface area contributed by atoms with Crippen LogP contribution >= 0.6 is 0 Å². The topological polar surface area (TPSA) is 63.6 Å². The van der Waals surface area contributed by atoms with E-state index >= 15 is 0 Å². The Morgan fingerprint density at radius 1 is 0.946 bits per heavy atom. The van der Waals surface area contributed by atoms with Gasteiger partial charge in [-0.3, -0.25) is 9.59 Å². The SMILES string of the molecule is CCC(=O)O[C@H]1CC[C@@]2(C)C(CC[C@]3(C)[C@@H]2CC=C2[C@@H]4[C@@H](C)[C@H](C)CC[C@]4(C(=O)O)CC[C@]23C)C1(C)C. The van der Waals surface area contributed by atoms with Crippen LogP contribution in [0.15, 0.2) is 11.6 Å². The number of aliphatic carboxylic acids is 1. The second-order valence-corrected chi connectivity index (χ2v) is 15.3.